The highest BCUT2D eigenvalue weighted by Gasteiger charge is 2.43. The molecule has 0 aromatic heterocycles. The van der Waals surface area contributed by atoms with Crippen LogP contribution in [0.1, 0.15) is 40.7 Å². The molecule has 154 valence electrons. The largest absolute Gasteiger partial charge is 0.464 e. The molecule has 0 spiro atoms. The summed E-state index contributed by atoms with van der Waals surface area (Å²) in [6.45, 7) is 0.850. The molecule has 3 unspecified atom stereocenters. The summed E-state index contributed by atoms with van der Waals surface area (Å²) >= 11 is 0. The number of hydrogen-bond acceptors (Lipinski definition) is 7. The van der Waals surface area contributed by atoms with Crippen molar-refractivity contribution in [1.82, 2.24) is 4.90 Å². The lowest BCUT2D eigenvalue weighted by Crippen LogP contribution is -2.45. The van der Waals surface area contributed by atoms with Crippen molar-refractivity contribution in [2.24, 2.45) is 0 Å². The predicted octanol–water partition coefficient (Wildman–Crippen LogP) is 1.20. The Morgan fingerprint density at radius 3 is 2.34 bits per heavy atom. The zero-order chi connectivity index (χ0) is 21.3. The molecule has 1 amide bonds. The molecule has 0 radical (unpaired) electrons. The molecule has 1 aliphatic rings. The van der Waals surface area contributed by atoms with Gasteiger partial charge < -0.3 is 14.9 Å². The highest BCUT2D eigenvalue weighted by molar-refractivity contribution is 7.90. The third kappa shape index (κ3) is 4.16. The first kappa shape index (κ1) is 21.0. The van der Waals surface area contributed by atoms with Gasteiger partial charge in [0.1, 0.15) is 12.7 Å². The molecular weight excluding hydrogens is 398 g/mol. The monoisotopic (exact) mass is 419 g/mol. The van der Waals surface area contributed by atoms with Crippen LogP contribution in [0.15, 0.2) is 53.4 Å². The molecule has 29 heavy (non-hydrogen) atoms. The van der Waals surface area contributed by atoms with Gasteiger partial charge in [-0.1, -0.05) is 30.3 Å². The molecule has 0 saturated heterocycles. The van der Waals surface area contributed by atoms with Crippen molar-refractivity contribution in [3.8, 4) is 0 Å². The average Bonchev–Trinajstić information content (AvgIpc) is 2.93. The van der Waals surface area contributed by atoms with Crippen LogP contribution in [0.4, 0.5) is 0 Å². The molecular formula is C20H21NO7S. The van der Waals surface area contributed by atoms with Crippen LogP contribution in [0.25, 0.3) is 0 Å². The lowest BCUT2D eigenvalue weighted by atomic mass is 10.0. The van der Waals surface area contributed by atoms with Gasteiger partial charge in [0.05, 0.1) is 10.9 Å². The van der Waals surface area contributed by atoms with E-state index in [-0.39, 0.29) is 11.5 Å². The zero-order valence-corrected chi connectivity index (χ0v) is 16.7. The average molecular weight is 419 g/mol. The fraction of sp³-hybridized carbons (Fsp3) is 0.300. The van der Waals surface area contributed by atoms with E-state index in [9.17, 15) is 28.2 Å². The number of ether oxygens (including phenoxy) is 1. The van der Waals surface area contributed by atoms with Crippen molar-refractivity contribution < 1.29 is 33.0 Å². The van der Waals surface area contributed by atoms with Gasteiger partial charge in [-0.3, -0.25) is 14.5 Å². The number of nitrogens with zero attached hydrogens (tertiary/aromatic N) is 1. The number of aliphatic hydroxyl groups excluding tert-OH is 2. The Morgan fingerprint density at radius 1 is 1.17 bits per heavy atom. The van der Waals surface area contributed by atoms with Crippen LogP contribution >= 0.6 is 0 Å². The fourth-order valence-corrected chi connectivity index (χ4v) is 3.94. The summed E-state index contributed by atoms with van der Waals surface area (Å²) in [4.78, 5) is 25.3. The number of fused-ring (bicyclic) bond motifs is 1. The summed E-state index contributed by atoms with van der Waals surface area (Å²) in [6, 6.07) is 10.9. The first-order valence-electron chi connectivity index (χ1n) is 8.82. The van der Waals surface area contributed by atoms with E-state index in [1.165, 1.54) is 31.2 Å². The third-order valence-electron chi connectivity index (χ3n) is 4.80. The molecule has 2 N–H and O–H groups in total. The smallest absolute Gasteiger partial charge is 0.302 e. The van der Waals surface area contributed by atoms with Crippen LogP contribution in [0.5, 0.6) is 0 Å². The normalized spacial score (nSPS) is 18.3. The lowest BCUT2D eigenvalue weighted by molar-refractivity contribution is -0.146. The first-order chi connectivity index (χ1) is 13.6. The number of aliphatic hydroxyl groups is 2. The van der Waals surface area contributed by atoms with Gasteiger partial charge in [-0.15, -0.1) is 0 Å². The summed E-state index contributed by atoms with van der Waals surface area (Å²) in [5.74, 6) is -1.11. The maximum atomic E-state index is 12.8. The molecule has 1 aliphatic heterocycles. The Labute approximate surface area is 168 Å². The molecule has 2 aromatic carbocycles. The van der Waals surface area contributed by atoms with Gasteiger partial charge in [0, 0.05) is 24.3 Å². The van der Waals surface area contributed by atoms with Crippen LogP contribution in [0, 0.1) is 0 Å². The van der Waals surface area contributed by atoms with Crippen molar-refractivity contribution in [2.45, 2.75) is 30.2 Å². The van der Waals surface area contributed by atoms with E-state index in [4.69, 9.17) is 4.74 Å². The van der Waals surface area contributed by atoms with Crippen molar-refractivity contribution in [1.29, 1.82) is 0 Å². The van der Waals surface area contributed by atoms with Crippen LogP contribution in [-0.4, -0.2) is 54.3 Å². The standard InChI is InChI=1S/C20H21NO7S/c1-12(22)28-11-17(18(23)13-7-9-14(10-8-13)29(2,26)27)21-19(24)15-5-3-4-6-16(15)20(21)25/h3-10,17-19,23-24H,11H2,1-2H3. The second kappa shape index (κ2) is 7.94. The molecule has 1 heterocycles. The number of rotatable bonds is 6. The maximum absolute atomic E-state index is 12.8. The summed E-state index contributed by atoms with van der Waals surface area (Å²) < 4.78 is 28.3. The van der Waals surface area contributed by atoms with E-state index in [0.29, 0.717) is 16.7 Å². The molecule has 9 heteroatoms. The van der Waals surface area contributed by atoms with Crippen molar-refractivity contribution in [3.05, 3.63) is 65.2 Å². The van der Waals surface area contributed by atoms with E-state index in [0.717, 1.165) is 11.2 Å². The van der Waals surface area contributed by atoms with Gasteiger partial charge in [-0.2, -0.15) is 0 Å². The lowest BCUT2D eigenvalue weighted by Gasteiger charge is -2.34. The minimum atomic E-state index is -3.41. The Kier molecular flexibility index (Phi) is 5.74. The number of carbonyl (C=O) groups excluding carboxylic acids is 2. The number of esters is 1. The zero-order valence-electron chi connectivity index (χ0n) is 15.8. The number of benzene rings is 2. The number of amides is 1. The van der Waals surface area contributed by atoms with Gasteiger partial charge >= 0.3 is 5.97 Å². The molecule has 8 nitrogen and oxygen atoms in total. The first-order valence-corrected chi connectivity index (χ1v) is 10.7. The highest BCUT2D eigenvalue weighted by Crippen LogP contribution is 2.36. The molecule has 0 aliphatic carbocycles. The second-order valence-corrected chi connectivity index (χ2v) is 8.85. The summed E-state index contributed by atoms with van der Waals surface area (Å²) in [7, 11) is -3.41. The Morgan fingerprint density at radius 2 is 1.79 bits per heavy atom. The second-order valence-electron chi connectivity index (χ2n) is 6.83. The van der Waals surface area contributed by atoms with E-state index < -0.39 is 40.1 Å². The highest BCUT2D eigenvalue weighted by atomic mass is 32.2. The minimum absolute atomic E-state index is 0.0784. The van der Waals surface area contributed by atoms with Crippen molar-refractivity contribution in [3.63, 3.8) is 0 Å². The molecule has 0 saturated carbocycles. The van der Waals surface area contributed by atoms with Crippen LogP contribution < -0.4 is 0 Å². The van der Waals surface area contributed by atoms with Gasteiger partial charge in [-0.25, -0.2) is 8.42 Å². The number of hydrogen-bond donors (Lipinski definition) is 2. The van der Waals surface area contributed by atoms with E-state index >= 15 is 0 Å². The van der Waals surface area contributed by atoms with Crippen LogP contribution in [0.3, 0.4) is 0 Å². The minimum Gasteiger partial charge on any atom is -0.464 e. The summed E-state index contributed by atoms with van der Waals surface area (Å²) in [5.41, 5.74) is 1.00. The van der Waals surface area contributed by atoms with E-state index in [1.807, 2.05) is 0 Å². The third-order valence-corrected chi connectivity index (χ3v) is 5.92. The predicted molar refractivity (Wildman–Crippen MR) is 103 cm³/mol. The molecule has 0 bridgehead atoms. The van der Waals surface area contributed by atoms with Gasteiger partial charge in [0.25, 0.3) is 5.91 Å². The topological polar surface area (TPSA) is 121 Å². The van der Waals surface area contributed by atoms with Gasteiger partial charge in [0.15, 0.2) is 16.1 Å². The summed E-state index contributed by atoms with van der Waals surface area (Å²) in [5, 5.41) is 21.6. The van der Waals surface area contributed by atoms with Crippen LogP contribution in [-0.2, 0) is 19.4 Å². The Balaban J connectivity index is 1.95. The SMILES string of the molecule is CC(=O)OCC(C(O)c1ccc(S(C)(=O)=O)cc1)N1C(=O)c2ccccc2C1O. The molecule has 3 rings (SSSR count). The summed E-state index contributed by atoms with van der Waals surface area (Å²) in [6.07, 6.45) is -1.58. The quantitative estimate of drug-likeness (QED) is 0.675. The van der Waals surface area contributed by atoms with Crippen LogP contribution in [0.2, 0.25) is 0 Å². The number of carbonyl (C=O) groups is 2. The van der Waals surface area contributed by atoms with Crippen molar-refractivity contribution in [2.75, 3.05) is 12.9 Å². The van der Waals surface area contributed by atoms with Gasteiger partial charge in [0.2, 0.25) is 0 Å². The molecule has 3 atom stereocenters. The van der Waals surface area contributed by atoms with E-state index in [1.54, 1.807) is 24.3 Å². The molecule has 0 fully saturated rings. The van der Waals surface area contributed by atoms with Gasteiger partial charge in [-0.05, 0) is 23.8 Å². The Hall–Kier alpha value is -2.75. The van der Waals surface area contributed by atoms with Crippen molar-refractivity contribution >= 4 is 21.7 Å². The Bertz CT molecular complexity index is 1030. The number of sulfone groups is 1. The maximum Gasteiger partial charge on any atom is 0.302 e. The fourth-order valence-electron chi connectivity index (χ4n) is 3.31. The van der Waals surface area contributed by atoms with E-state index in [2.05, 4.69) is 0 Å². The molecule has 2 aromatic rings.